The Morgan fingerprint density at radius 3 is 2.75 bits per heavy atom. The maximum absolute atomic E-state index is 5.24. The monoisotopic (exact) mass is 235 g/mol. The molecule has 16 heavy (non-hydrogen) atoms. The number of thioether (sulfide) groups is 1. The number of hydrogen-bond acceptors (Lipinski definition) is 3. The molecule has 0 radical (unpaired) electrons. The van der Waals surface area contributed by atoms with E-state index in [1.165, 1.54) is 11.8 Å². The van der Waals surface area contributed by atoms with E-state index in [9.17, 15) is 0 Å². The minimum atomic E-state index is -0.0438. The van der Waals surface area contributed by atoms with Crippen molar-refractivity contribution in [1.82, 2.24) is 14.8 Å². The first-order chi connectivity index (χ1) is 7.49. The highest BCUT2D eigenvalue weighted by molar-refractivity contribution is 7.99. The fraction of sp³-hybridized carbons (Fsp3) is 0.500. The number of hydrogen-bond donors (Lipinski definition) is 0. The van der Waals surface area contributed by atoms with Crippen molar-refractivity contribution < 1.29 is 0 Å². The fourth-order valence-corrected chi connectivity index (χ4v) is 1.73. The number of rotatable bonds is 4. The molecule has 0 amide bonds. The van der Waals surface area contributed by atoms with Crippen LogP contribution in [0.25, 0.3) is 0 Å². The van der Waals surface area contributed by atoms with Gasteiger partial charge < -0.3 is 0 Å². The first kappa shape index (κ1) is 12.9. The molecule has 0 unspecified atom stereocenters. The highest BCUT2D eigenvalue weighted by Gasteiger charge is 2.21. The van der Waals surface area contributed by atoms with E-state index in [4.69, 9.17) is 6.42 Å². The molecular weight excluding hydrogens is 218 g/mol. The third-order valence-corrected chi connectivity index (χ3v) is 2.77. The Hall–Kier alpha value is -1.21. The van der Waals surface area contributed by atoms with E-state index in [0.717, 1.165) is 11.0 Å². The summed E-state index contributed by atoms with van der Waals surface area (Å²) in [6.45, 7) is 10.7. The molecule has 0 N–H and O–H groups in total. The predicted molar refractivity (Wildman–Crippen MR) is 68.5 cm³/mol. The molecule has 4 heteroatoms. The highest BCUT2D eigenvalue weighted by Crippen LogP contribution is 2.23. The van der Waals surface area contributed by atoms with Crippen LogP contribution < -0.4 is 0 Å². The second-order valence-corrected chi connectivity index (χ2v) is 5.37. The summed E-state index contributed by atoms with van der Waals surface area (Å²) < 4.78 is 1.84. The first-order valence-corrected chi connectivity index (χ1v) is 6.10. The summed E-state index contributed by atoms with van der Waals surface area (Å²) in [6.07, 6.45) is 7.05. The first-order valence-electron chi connectivity index (χ1n) is 5.11. The van der Waals surface area contributed by atoms with Gasteiger partial charge in [0.15, 0.2) is 11.0 Å². The molecule has 0 fully saturated rings. The lowest BCUT2D eigenvalue weighted by molar-refractivity contribution is 0.533. The van der Waals surface area contributed by atoms with E-state index in [1.54, 1.807) is 6.08 Å². The summed E-state index contributed by atoms with van der Waals surface area (Å²) in [4.78, 5) is 4.51. The number of nitrogens with zero attached hydrogens (tertiary/aromatic N) is 3. The van der Waals surface area contributed by atoms with Crippen LogP contribution in [-0.4, -0.2) is 20.5 Å². The van der Waals surface area contributed by atoms with Crippen molar-refractivity contribution in [3.05, 3.63) is 18.5 Å². The second kappa shape index (κ2) is 5.22. The van der Waals surface area contributed by atoms with Crippen LogP contribution >= 0.6 is 11.8 Å². The molecule has 0 aliphatic rings. The molecule has 0 saturated heterocycles. The molecule has 0 aliphatic carbocycles. The van der Waals surface area contributed by atoms with Gasteiger partial charge in [0.1, 0.15) is 0 Å². The number of terminal acetylenes is 1. The molecule has 0 spiro atoms. The topological polar surface area (TPSA) is 30.7 Å². The Bertz CT molecular complexity index is 407. The molecular formula is C12H17N3S. The van der Waals surface area contributed by atoms with E-state index in [2.05, 4.69) is 43.4 Å². The van der Waals surface area contributed by atoms with Crippen LogP contribution in [0.3, 0.4) is 0 Å². The van der Waals surface area contributed by atoms with Gasteiger partial charge in [-0.15, -0.1) is 13.0 Å². The van der Waals surface area contributed by atoms with Gasteiger partial charge in [0.25, 0.3) is 0 Å². The van der Waals surface area contributed by atoms with Crippen molar-refractivity contribution in [2.24, 2.45) is 0 Å². The molecule has 0 saturated carbocycles. The zero-order valence-corrected chi connectivity index (χ0v) is 10.8. The minimum absolute atomic E-state index is 0.0438. The molecule has 0 bridgehead atoms. The van der Waals surface area contributed by atoms with E-state index in [0.29, 0.717) is 12.3 Å². The van der Waals surface area contributed by atoms with E-state index >= 15 is 0 Å². The largest absolute Gasteiger partial charge is 0.237 e. The normalized spacial score (nSPS) is 11.1. The molecule has 1 rings (SSSR count). The van der Waals surface area contributed by atoms with Gasteiger partial charge in [-0.3, -0.25) is 0 Å². The van der Waals surface area contributed by atoms with Gasteiger partial charge in [0.05, 0.1) is 12.3 Å². The SMILES string of the molecule is C#CCSc1nc(C(C)(C)C)nn1CC=C. The van der Waals surface area contributed by atoms with Crippen molar-refractivity contribution in [2.45, 2.75) is 37.9 Å². The van der Waals surface area contributed by atoms with Crippen molar-refractivity contribution in [3.63, 3.8) is 0 Å². The van der Waals surface area contributed by atoms with E-state index in [1.807, 2.05) is 4.68 Å². The number of allylic oxidation sites excluding steroid dienone is 1. The van der Waals surface area contributed by atoms with Crippen LogP contribution in [0, 0.1) is 12.3 Å². The predicted octanol–water partition coefficient (Wildman–Crippen LogP) is 2.49. The van der Waals surface area contributed by atoms with Crippen LogP contribution in [0.1, 0.15) is 26.6 Å². The Balaban J connectivity index is 3.00. The van der Waals surface area contributed by atoms with Gasteiger partial charge in [-0.1, -0.05) is 44.5 Å². The van der Waals surface area contributed by atoms with E-state index < -0.39 is 0 Å². The average Bonchev–Trinajstić information content (AvgIpc) is 2.58. The molecule has 3 nitrogen and oxygen atoms in total. The van der Waals surface area contributed by atoms with Gasteiger partial charge >= 0.3 is 0 Å². The third kappa shape index (κ3) is 3.14. The molecule has 0 aromatic carbocycles. The maximum Gasteiger partial charge on any atom is 0.187 e. The lowest BCUT2D eigenvalue weighted by atomic mass is 9.96. The molecule has 1 aromatic heterocycles. The van der Waals surface area contributed by atoms with Crippen molar-refractivity contribution in [1.29, 1.82) is 0 Å². The fourth-order valence-electron chi connectivity index (χ4n) is 1.10. The van der Waals surface area contributed by atoms with Crippen molar-refractivity contribution >= 4 is 11.8 Å². The molecule has 86 valence electrons. The Morgan fingerprint density at radius 2 is 2.25 bits per heavy atom. The van der Waals surface area contributed by atoms with E-state index in [-0.39, 0.29) is 5.41 Å². The quantitative estimate of drug-likeness (QED) is 0.456. The van der Waals surface area contributed by atoms with Crippen LogP contribution in [0.2, 0.25) is 0 Å². The lowest BCUT2D eigenvalue weighted by Crippen LogP contribution is -2.14. The summed E-state index contributed by atoms with van der Waals surface area (Å²) in [5.74, 6) is 4.04. The molecule has 1 heterocycles. The molecule has 0 atom stereocenters. The summed E-state index contributed by atoms with van der Waals surface area (Å²) in [7, 11) is 0. The van der Waals surface area contributed by atoms with Crippen molar-refractivity contribution in [3.8, 4) is 12.3 Å². The zero-order valence-electron chi connectivity index (χ0n) is 10.0. The second-order valence-electron chi connectivity index (χ2n) is 4.43. The smallest absolute Gasteiger partial charge is 0.187 e. The Morgan fingerprint density at radius 1 is 1.56 bits per heavy atom. The van der Waals surface area contributed by atoms with Gasteiger partial charge in [-0.05, 0) is 0 Å². The van der Waals surface area contributed by atoms with Crippen LogP contribution in [0.15, 0.2) is 17.8 Å². The third-order valence-electron chi connectivity index (χ3n) is 1.90. The number of aromatic nitrogens is 3. The van der Waals surface area contributed by atoms with Crippen molar-refractivity contribution in [2.75, 3.05) is 5.75 Å². The summed E-state index contributed by atoms with van der Waals surface area (Å²) in [5, 5.41) is 5.33. The Kier molecular flexibility index (Phi) is 4.19. The van der Waals surface area contributed by atoms with Crippen LogP contribution in [0.5, 0.6) is 0 Å². The van der Waals surface area contributed by atoms with Gasteiger partial charge in [0, 0.05) is 5.41 Å². The Labute approximate surface area is 101 Å². The minimum Gasteiger partial charge on any atom is -0.237 e. The standard InChI is InChI=1S/C12H17N3S/c1-6-8-15-11(16-9-7-2)13-10(14-15)12(3,4)5/h2,6H,1,8-9H2,3-5H3. The van der Waals surface area contributed by atoms with Crippen LogP contribution in [-0.2, 0) is 12.0 Å². The summed E-state index contributed by atoms with van der Waals surface area (Å²) in [6, 6.07) is 0. The van der Waals surface area contributed by atoms with Crippen LogP contribution in [0.4, 0.5) is 0 Å². The molecule has 1 aromatic rings. The van der Waals surface area contributed by atoms with Gasteiger partial charge in [-0.25, -0.2) is 9.67 Å². The molecule has 0 aliphatic heterocycles. The average molecular weight is 235 g/mol. The zero-order chi connectivity index (χ0) is 12.2. The highest BCUT2D eigenvalue weighted by atomic mass is 32.2. The summed E-state index contributed by atoms with van der Waals surface area (Å²) in [5.41, 5.74) is -0.0438. The lowest BCUT2D eigenvalue weighted by Gasteiger charge is -2.12. The maximum atomic E-state index is 5.24. The van der Waals surface area contributed by atoms with Gasteiger partial charge in [-0.2, -0.15) is 5.10 Å². The summed E-state index contributed by atoms with van der Waals surface area (Å²) >= 11 is 1.53. The van der Waals surface area contributed by atoms with Gasteiger partial charge in [0.2, 0.25) is 0 Å².